The number of benzene rings is 2. The van der Waals surface area contributed by atoms with Gasteiger partial charge in [0.2, 0.25) is 0 Å². The Morgan fingerprint density at radius 3 is 2.38 bits per heavy atom. The highest BCUT2D eigenvalue weighted by Crippen LogP contribution is 2.33. The van der Waals surface area contributed by atoms with E-state index in [1.54, 1.807) is 24.4 Å². The lowest BCUT2D eigenvalue weighted by Gasteiger charge is -2.13. The van der Waals surface area contributed by atoms with Crippen LogP contribution in [0, 0.1) is 0 Å². The minimum Gasteiger partial charge on any atom is -0.384 e. The molecule has 2 aromatic carbocycles. The van der Waals surface area contributed by atoms with E-state index in [-0.39, 0.29) is 0 Å². The van der Waals surface area contributed by atoms with Crippen LogP contribution < -0.4 is 0 Å². The van der Waals surface area contributed by atoms with Crippen molar-refractivity contribution >= 4 is 23.2 Å². The highest BCUT2D eigenvalue weighted by Gasteiger charge is 2.17. The van der Waals surface area contributed by atoms with E-state index in [1.807, 2.05) is 36.5 Å². The Bertz CT molecular complexity index is 752. The molecule has 2 N–H and O–H groups in total. The molecule has 0 saturated heterocycles. The molecule has 106 valence electrons. The van der Waals surface area contributed by atoms with Crippen molar-refractivity contribution in [1.29, 1.82) is 0 Å². The maximum absolute atomic E-state index is 10.6. The molecule has 0 aliphatic rings. The van der Waals surface area contributed by atoms with Crippen LogP contribution in [0.3, 0.4) is 0 Å². The Kier molecular flexibility index (Phi) is 4.02. The Balaban J connectivity index is 2.01. The summed E-state index contributed by atoms with van der Waals surface area (Å²) < 4.78 is 0. The number of halogens is 2. The molecule has 3 aromatic rings. The predicted molar refractivity (Wildman–Crippen MR) is 86.8 cm³/mol. The van der Waals surface area contributed by atoms with Crippen LogP contribution in [-0.2, 0) is 0 Å². The maximum Gasteiger partial charge on any atom is 0.106 e. The van der Waals surface area contributed by atoms with Gasteiger partial charge in [-0.1, -0.05) is 59.6 Å². The fourth-order valence-corrected chi connectivity index (χ4v) is 2.64. The molecule has 0 unspecified atom stereocenters. The predicted octanol–water partition coefficient (Wildman–Crippen LogP) is 5.07. The van der Waals surface area contributed by atoms with Gasteiger partial charge in [-0.2, -0.15) is 0 Å². The number of aliphatic hydroxyl groups excluding tert-OH is 1. The molecule has 0 spiro atoms. The van der Waals surface area contributed by atoms with Crippen molar-refractivity contribution in [3.8, 4) is 11.1 Å². The van der Waals surface area contributed by atoms with Crippen LogP contribution in [0.25, 0.3) is 11.1 Å². The summed E-state index contributed by atoms with van der Waals surface area (Å²) in [5.41, 5.74) is 3.53. The van der Waals surface area contributed by atoms with E-state index in [0.29, 0.717) is 15.6 Å². The lowest BCUT2D eigenvalue weighted by atomic mass is 9.97. The van der Waals surface area contributed by atoms with Gasteiger partial charge in [-0.15, -0.1) is 0 Å². The van der Waals surface area contributed by atoms with Crippen molar-refractivity contribution < 1.29 is 5.11 Å². The summed E-state index contributed by atoms with van der Waals surface area (Å²) in [6.07, 6.45) is 2.92. The number of hydrogen-bond donors (Lipinski definition) is 2. The molecule has 1 atom stereocenters. The summed E-state index contributed by atoms with van der Waals surface area (Å²) in [6.45, 7) is 0. The highest BCUT2D eigenvalue weighted by molar-refractivity contribution is 6.42. The van der Waals surface area contributed by atoms with Crippen LogP contribution in [0.5, 0.6) is 0 Å². The smallest absolute Gasteiger partial charge is 0.106 e. The minimum absolute atomic E-state index is 0.435. The van der Waals surface area contributed by atoms with Crippen LogP contribution in [0.2, 0.25) is 10.0 Å². The van der Waals surface area contributed by atoms with Gasteiger partial charge in [-0.05, 0) is 23.3 Å². The van der Waals surface area contributed by atoms with Crippen LogP contribution in [-0.4, -0.2) is 10.1 Å². The highest BCUT2D eigenvalue weighted by atomic mass is 35.5. The van der Waals surface area contributed by atoms with Crippen LogP contribution in [0.1, 0.15) is 17.2 Å². The number of rotatable bonds is 3. The topological polar surface area (TPSA) is 36.0 Å². The Morgan fingerprint density at radius 2 is 1.67 bits per heavy atom. The lowest BCUT2D eigenvalue weighted by molar-refractivity contribution is 0.221. The Morgan fingerprint density at radius 1 is 0.905 bits per heavy atom. The van der Waals surface area contributed by atoms with Crippen molar-refractivity contribution in [1.82, 2.24) is 4.98 Å². The third-order valence-corrected chi connectivity index (χ3v) is 4.16. The van der Waals surface area contributed by atoms with E-state index in [4.69, 9.17) is 23.2 Å². The first-order chi connectivity index (χ1) is 10.2. The first-order valence-electron chi connectivity index (χ1n) is 6.52. The van der Waals surface area contributed by atoms with Crippen molar-refractivity contribution in [2.45, 2.75) is 6.10 Å². The van der Waals surface area contributed by atoms with Gasteiger partial charge in [0.1, 0.15) is 6.10 Å². The molecule has 3 rings (SSSR count). The average molecular weight is 318 g/mol. The molecule has 0 saturated carbocycles. The monoisotopic (exact) mass is 317 g/mol. The molecular weight excluding hydrogens is 305 g/mol. The summed E-state index contributed by atoms with van der Waals surface area (Å²) in [7, 11) is 0. The van der Waals surface area contributed by atoms with Gasteiger partial charge < -0.3 is 10.1 Å². The van der Waals surface area contributed by atoms with Crippen molar-refractivity contribution in [3.63, 3.8) is 0 Å². The molecule has 0 aliphatic carbocycles. The number of H-pyrrole nitrogens is 1. The van der Waals surface area contributed by atoms with E-state index in [1.165, 1.54) is 0 Å². The zero-order valence-electron chi connectivity index (χ0n) is 11.1. The molecule has 21 heavy (non-hydrogen) atoms. The zero-order valence-corrected chi connectivity index (χ0v) is 12.6. The summed E-state index contributed by atoms with van der Waals surface area (Å²) in [5.74, 6) is 0. The van der Waals surface area contributed by atoms with Crippen LogP contribution in [0.4, 0.5) is 0 Å². The largest absolute Gasteiger partial charge is 0.384 e. The Hall–Kier alpha value is -1.74. The lowest BCUT2D eigenvalue weighted by Crippen LogP contribution is -2.00. The van der Waals surface area contributed by atoms with Gasteiger partial charge in [0.25, 0.3) is 0 Å². The molecule has 0 bridgehead atoms. The normalized spacial score (nSPS) is 12.3. The van der Waals surface area contributed by atoms with E-state index < -0.39 is 6.10 Å². The Labute approximate surface area is 133 Å². The standard InChI is InChI=1S/C17H13Cl2NO/c18-15-7-6-12(8-16(15)19)17(21)14-10-20-9-13(14)11-4-2-1-3-5-11/h1-10,17,20-21H/t17-/m1/s1. The van der Waals surface area contributed by atoms with Gasteiger partial charge >= 0.3 is 0 Å². The second kappa shape index (κ2) is 5.94. The molecular formula is C17H13Cl2NO. The summed E-state index contributed by atoms with van der Waals surface area (Å²) in [6, 6.07) is 15.1. The van der Waals surface area contributed by atoms with E-state index >= 15 is 0 Å². The minimum atomic E-state index is -0.763. The molecule has 4 heteroatoms. The number of hydrogen-bond acceptors (Lipinski definition) is 1. The van der Waals surface area contributed by atoms with Crippen molar-refractivity contribution in [3.05, 3.63) is 82.1 Å². The maximum atomic E-state index is 10.6. The van der Waals surface area contributed by atoms with Gasteiger partial charge in [0.05, 0.1) is 10.0 Å². The van der Waals surface area contributed by atoms with Gasteiger partial charge in [-0.25, -0.2) is 0 Å². The third kappa shape index (κ3) is 2.84. The summed E-state index contributed by atoms with van der Waals surface area (Å²) in [4.78, 5) is 3.05. The molecule has 1 heterocycles. The number of nitrogens with one attached hydrogen (secondary N) is 1. The third-order valence-electron chi connectivity index (χ3n) is 3.42. The fourth-order valence-electron chi connectivity index (χ4n) is 2.33. The average Bonchev–Trinajstić information content (AvgIpc) is 2.99. The number of aromatic nitrogens is 1. The molecule has 0 radical (unpaired) electrons. The van der Waals surface area contributed by atoms with Crippen molar-refractivity contribution in [2.75, 3.05) is 0 Å². The molecule has 1 aromatic heterocycles. The molecule has 0 fully saturated rings. The van der Waals surface area contributed by atoms with E-state index in [9.17, 15) is 5.11 Å². The molecule has 0 aliphatic heterocycles. The fraction of sp³-hybridized carbons (Fsp3) is 0.0588. The van der Waals surface area contributed by atoms with Crippen LogP contribution >= 0.6 is 23.2 Å². The first-order valence-corrected chi connectivity index (χ1v) is 7.27. The summed E-state index contributed by atoms with van der Waals surface area (Å²) >= 11 is 11.9. The zero-order chi connectivity index (χ0) is 14.8. The second-order valence-electron chi connectivity index (χ2n) is 4.77. The molecule has 0 amide bonds. The summed E-state index contributed by atoms with van der Waals surface area (Å²) in [5, 5.41) is 11.5. The van der Waals surface area contributed by atoms with Crippen LogP contribution in [0.15, 0.2) is 60.9 Å². The van der Waals surface area contributed by atoms with E-state index in [2.05, 4.69) is 4.98 Å². The number of aliphatic hydroxyl groups is 1. The molecule has 2 nitrogen and oxygen atoms in total. The quantitative estimate of drug-likeness (QED) is 0.695. The second-order valence-corrected chi connectivity index (χ2v) is 5.58. The number of aromatic amines is 1. The van der Waals surface area contributed by atoms with Gasteiger partial charge in [0.15, 0.2) is 0 Å². The van der Waals surface area contributed by atoms with Gasteiger partial charge in [0, 0.05) is 23.5 Å². The first kappa shape index (κ1) is 14.2. The van der Waals surface area contributed by atoms with Crippen molar-refractivity contribution in [2.24, 2.45) is 0 Å². The van der Waals surface area contributed by atoms with E-state index in [0.717, 1.165) is 16.7 Å². The SMILES string of the molecule is O[C@H](c1ccc(Cl)c(Cl)c1)c1c[nH]cc1-c1ccccc1. The van der Waals surface area contributed by atoms with Gasteiger partial charge in [-0.3, -0.25) is 0 Å².